The predicted molar refractivity (Wildman–Crippen MR) is 139 cm³/mol. The molecule has 3 aromatic carbocycles. The number of hydrogen-bond acceptors (Lipinski definition) is 5. The lowest BCUT2D eigenvalue weighted by molar-refractivity contribution is 0.250. The number of aromatic nitrogens is 2. The van der Waals surface area contributed by atoms with E-state index in [-0.39, 0.29) is 5.82 Å². The van der Waals surface area contributed by atoms with Gasteiger partial charge in [0.05, 0.1) is 5.39 Å². The Labute approximate surface area is 202 Å². The Morgan fingerprint density at radius 1 is 0.912 bits per heavy atom. The zero-order valence-electron chi connectivity index (χ0n) is 19.0. The molecule has 0 unspecified atom stereocenters. The van der Waals surface area contributed by atoms with Gasteiger partial charge in [0.15, 0.2) is 0 Å². The van der Waals surface area contributed by atoms with Crippen molar-refractivity contribution in [1.29, 1.82) is 0 Å². The Balaban J connectivity index is 1.25. The van der Waals surface area contributed by atoms with Gasteiger partial charge in [0.25, 0.3) is 0 Å². The molecule has 0 spiro atoms. The summed E-state index contributed by atoms with van der Waals surface area (Å²) in [5, 5.41) is 5.83. The maximum Gasteiger partial charge on any atom is 0.141 e. The SMILES string of the molecule is Cc1ccc2ccccc2c1CN1CCN(c2ncnc3scc(-c4ccc(F)cc4)c23)CC1. The molecule has 1 saturated heterocycles. The molecule has 170 valence electrons. The van der Waals surface area contributed by atoms with Crippen molar-refractivity contribution in [2.45, 2.75) is 13.5 Å². The molecule has 6 rings (SSSR count). The molecule has 0 bridgehead atoms. The molecule has 0 aliphatic carbocycles. The van der Waals surface area contributed by atoms with Crippen LogP contribution < -0.4 is 4.90 Å². The maximum atomic E-state index is 13.5. The molecule has 1 aliphatic heterocycles. The minimum Gasteiger partial charge on any atom is -0.353 e. The van der Waals surface area contributed by atoms with Crippen LogP contribution in [0.1, 0.15) is 11.1 Å². The first-order valence-electron chi connectivity index (χ1n) is 11.6. The van der Waals surface area contributed by atoms with Gasteiger partial charge >= 0.3 is 0 Å². The molecular formula is C28H25FN4S. The largest absolute Gasteiger partial charge is 0.353 e. The first-order valence-corrected chi connectivity index (χ1v) is 12.5. The van der Waals surface area contributed by atoms with Gasteiger partial charge in [0.1, 0.15) is 22.8 Å². The third kappa shape index (κ3) is 3.83. The number of aryl methyl sites for hydroxylation is 1. The van der Waals surface area contributed by atoms with Crippen LogP contribution in [0.5, 0.6) is 0 Å². The van der Waals surface area contributed by atoms with Gasteiger partial charge in [-0.25, -0.2) is 14.4 Å². The number of anilines is 1. The molecule has 4 nitrogen and oxygen atoms in total. The highest BCUT2D eigenvalue weighted by atomic mass is 32.1. The molecule has 1 aliphatic rings. The van der Waals surface area contributed by atoms with E-state index in [1.54, 1.807) is 17.7 Å². The van der Waals surface area contributed by atoms with Gasteiger partial charge in [-0.1, -0.05) is 48.5 Å². The molecule has 0 N–H and O–H groups in total. The first-order chi connectivity index (χ1) is 16.7. The van der Waals surface area contributed by atoms with Crippen LogP contribution in [0, 0.1) is 12.7 Å². The summed E-state index contributed by atoms with van der Waals surface area (Å²) in [6, 6.07) is 19.8. The van der Waals surface area contributed by atoms with Crippen molar-refractivity contribution in [3.05, 3.63) is 89.3 Å². The van der Waals surface area contributed by atoms with Gasteiger partial charge in [-0.05, 0) is 46.5 Å². The van der Waals surface area contributed by atoms with E-state index < -0.39 is 0 Å². The van der Waals surface area contributed by atoms with Crippen molar-refractivity contribution >= 4 is 38.1 Å². The second-order valence-electron chi connectivity index (χ2n) is 8.88. The molecule has 34 heavy (non-hydrogen) atoms. The summed E-state index contributed by atoms with van der Waals surface area (Å²) in [6.07, 6.45) is 1.66. The van der Waals surface area contributed by atoms with Crippen LogP contribution in [0.2, 0.25) is 0 Å². The smallest absolute Gasteiger partial charge is 0.141 e. The van der Waals surface area contributed by atoms with Crippen LogP contribution in [0.3, 0.4) is 0 Å². The third-order valence-corrected chi connectivity index (χ3v) is 7.72. The van der Waals surface area contributed by atoms with Crippen molar-refractivity contribution in [3.63, 3.8) is 0 Å². The van der Waals surface area contributed by atoms with Gasteiger partial charge in [-0.15, -0.1) is 11.3 Å². The van der Waals surface area contributed by atoms with Gasteiger partial charge in [-0.2, -0.15) is 0 Å². The first kappa shape index (κ1) is 21.2. The highest BCUT2D eigenvalue weighted by Gasteiger charge is 2.23. The van der Waals surface area contributed by atoms with E-state index in [0.29, 0.717) is 0 Å². The summed E-state index contributed by atoms with van der Waals surface area (Å²) in [4.78, 5) is 15.1. The van der Waals surface area contributed by atoms with Gasteiger partial charge in [-0.3, -0.25) is 4.90 Å². The average molecular weight is 469 g/mol. The molecule has 0 amide bonds. The van der Waals surface area contributed by atoms with E-state index in [1.165, 1.54) is 34.0 Å². The van der Waals surface area contributed by atoms with Gasteiger partial charge < -0.3 is 4.90 Å². The molecule has 0 radical (unpaired) electrons. The minimum atomic E-state index is -0.225. The molecule has 5 aromatic rings. The van der Waals surface area contributed by atoms with Gasteiger partial charge in [0.2, 0.25) is 0 Å². The summed E-state index contributed by atoms with van der Waals surface area (Å²) < 4.78 is 13.5. The predicted octanol–water partition coefficient (Wildman–Crippen LogP) is 6.28. The van der Waals surface area contributed by atoms with Crippen LogP contribution in [-0.4, -0.2) is 41.0 Å². The Morgan fingerprint density at radius 3 is 2.53 bits per heavy atom. The highest BCUT2D eigenvalue weighted by molar-refractivity contribution is 7.17. The number of fused-ring (bicyclic) bond motifs is 2. The van der Waals surface area contributed by atoms with Crippen molar-refractivity contribution < 1.29 is 4.39 Å². The fourth-order valence-corrected chi connectivity index (χ4v) is 5.85. The summed E-state index contributed by atoms with van der Waals surface area (Å²) in [7, 11) is 0. The average Bonchev–Trinajstić information content (AvgIpc) is 3.31. The van der Waals surface area contributed by atoms with E-state index in [4.69, 9.17) is 4.98 Å². The topological polar surface area (TPSA) is 32.3 Å². The number of rotatable bonds is 4. The van der Waals surface area contributed by atoms with E-state index in [1.807, 2.05) is 12.1 Å². The number of halogens is 1. The summed E-state index contributed by atoms with van der Waals surface area (Å²) >= 11 is 1.61. The lowest BCUT2D eigenvalue weighted by Gasteiger charge is -2.36. The lowest BCUT2D eigenvalue weighted by atomic mass is 9.99. The highest BCUT2D eigenvalue weighted by Crippen LogP contribution is 2.38. The van der Waals surface area contributed by atoms with E-state index in [0.717, 1.165) is 59.9 Å². The number of thiophene rings is 1. The monoisotopic (exact) mass is 468 g/mol. The van der Waals surface area contributed by atoms with Crippen LogP contribution in [0.4, 0.5) is 10.2 Å². The second-order valence-corrected chi connectivity index (χ2v) is 9.74. The Hall–Kier alpha value is -3.35. The van der Waals surface area contributed by atoms with Crippen molar-refractivity contribution in [3.8, 4) is 11.1 Å². The van der Waals surface area contributed by atoms with Crippen LogP contribution in [0.15, 0.2) is 72.4 Å². The summed E-state index contributed by atoms with van der Waals surface area (Å²) in [5.74, 6) is 0.754. The molecule has 0 atom stereocenters. The van der Waals surface area contributed by atoms with Crippen LogP contribution >= 0.6 is 11.3 Å². The maximum absolute atomic E-state index is 13.5. The quantitative estimate of drug-likeness (QED) is 0.311. The minimum absolute atomic E-state index is 0.225. The summed E-state index contributed by atoms with van der Waals surface area (Å²) in [6.45, 7) is 6.94. The van der Waals surface area contributed by atoms with Gasteiger partial charge in [0, 0.05) is 43.7 Å². The second kappa shape index (κ2) is 8.78. The Bertz CT molecular complexity index is 1470. The number of piperazine rings is 1. The molecule has 2 aromatic heterocycles. The fourth-order valence-electron chi connectivity index (χ4n) is 4.94. The van der Waals surface area contributed by atoms with Crippen molar-refractivity contribution in [2.24, 2.45) is 0 Å². The van der Waals surface area contributed by atoms with E-state index in [9.17, 15) is 4.39 Å². The normalized spacial score (nSPS) is 14.8. The molecule has 1 fully saturated rings. The number of nitrogens with zero attached hydrogens (tertiary/aromatic N) is 4. The zero-order valence-corrected chi connectivity index (χ0v) is 19.9. The molecule has 3 heterocycles. The molecule has 6 heteroatoms. The van der Waals surface area contributed by atoms with Crippen LogP contribution in [0.25, 0.3) is 32.1 Å². The third-order valence-electron chi connectivity index (χ3n) is 6.83. The fraction of sp³-hybridized carbons (Fsp3) is 0.214. The standard InChI is InChI=1S/C28H25FN4S/c1-19-6-7-20-4-2-3-5-23(20)24(19)16-32-12-14-33(15-13-32)27-26-25(17-34-28(26)31-18-30-27)21-8-10-22(29)11-9-21/h2-11,17-18H,12-16H2,1H3. The lowest BCUT2D eigenvalue weighted by Crippen LogP contribution is -2.46. The zero-order chi connectivity index (χ0) is 23.1. The van der Waals surface area contributed by atoms with E-state index >= 15 is 0 Å². The Morgan fingerprint density at radius 2 is 1.71 bits per heavy atom. The number of benzene rings is 3. The van der Waals surface area contributed by atoms with Crippen molar-refractivity contribution in [2.75, 3.05) is 31.1 Å². The molecular weight excluding hydrogens is 443 g/mol. The van der Waals surface area contributed by atoms with Crippen molar-refractivity contribution in [1.82, 2.24) is 14.9 Å². The number of hydrogen-bond donors (Lipinski definition) is 0. The molecule has 0 saturated carbocycles. The Kier molecular flexibility index (Phi) is 5.47. The summed E-state index contributed by atoms with van der Waals surface area (Å²) in [5.41, 5.74) is 4.84. The van der Waals surface area contributed by atoms with E-state index in [2.05, 4.69) is 63.5 Å². The van der Waals surface area contributed by atoms with Crippen LogP contribution in [-0.2, 0) is 6.54 Å².